The lowest BCUT2D eigenvalue weighted by atomic mass is 9.86. The highest BCUT2D eigenvalue weighted by atomic mass is 16.1. The fourth-order valence-corrected chi connectivity index (χ4v) is 4.14. The van der Waals surface area contributed by atoms with Crippen LogP contribution >= 0.6 is 0 Å². The minimum atomic E-state index is 0.246. The Morgan fingerprint density at radius 3 is 2.61 bits per heavy atom. The molecule has 1 unspecified atom stereocenters. The smallest absolute Gasteiger partial charge is 0.220 e. The molecule has 3 rings (SSSR count). The van der Waals surface area contributed by atoms with Gasteiger partial charge >= 0.3 is 0 Å². The van der Waals surface area contributed by atoms with Crippen LogP contribution in [0.1, 0.15) is 57.8 Å². The molecule has 1 aromatic carbocycles. The van der Waals surface area contributed by atoms with Crippen LogP contribution in [0.3, 0.4) is 0 Å². The molecule has 23 heavy (non-hydrogen) atoms. The number of nitrogens with zero attached hydrogens (tertiary/aromatic N) is 1. The van der Waals surface area contributed by atoms with E-state index >= 15 is 0 Å². The number of carbonyl (C=O) groups excluding carboxylic acids is 1. The Balaban J connectivity index is 1.41. The van der Waals surface area contributed by atoms with Crippen LogP contribution in [-0.4, -0.2) is 25.0 Å². The predicted octanol–water partition coefficient (Wildman–Crippen LogP) is 4.13. The number of nitrogens with one attached hydrogen (secondary N) is 1. The third-order valence-corrected chi connectivity index (χ3v) is 5.50. The quantitative estimate of drug-likeness (QED) is 0.856. The third kappa shape index (κ3) is 4.73. The molecule has 3 heteroatoms. The van der Waals surface area contributed by atoms with E-state index in [4.69, 9.17) is 0 Å². The third-order valence-electron chi connectivity index (χ3n) is 5.50. The molecule has 126 valence electrons. The average molecular weight is 314 g/mol. The van der Waals surface area contributed by atoms with Crippen LogP contribution in [0.15, 0.2) is 30.3 Å². The highest BCUT2D eigenvalue weighted by Gasteiger charge is 2.25. The molecular formula is C20H30N2O. The molecule has 0 spiro atoms. The number of hydrogen-bond acceptors (Lipinski definition) is 2. The molecule has 0 aromatic heterocycles. The second-order valence-corrected chi connectivity index (χ2v) is 7.17. The summed E-state index contributed by atoms with van der Waals surface area (Å²) in [6.07, 6.45) is 11.0. The van der Waals surface area contributed by atoms with Crippen molar-refractivity contribution in [2.45, 2.75) is 63.8 Å². The summed E-state index contributed by atoms with van der Waals surface area (Å²) in [4.78, 5) is 14.6. The van der Waals surface area contributed by atoms with Gasteiger partial charge in [-0.1, -0.05) is 50.3 Å². The maximum atomic E-state index is 12.2. The molecule has 1 N–H and O–H groups in total. The lowest BCUT2D eigenvalue weighted by Crippen LogP contribution is -2.40. The summed E-state index contributed by atoms with van der Waals surface area (Å²) in [5.41, 5.74) is 1.28. The van der Waals surface area contributed by atoms with E-state index in [-0.39, 0.29) is 5.91 Å². The number of rotatable bonds is 6. The second-order valence-electron chi connectivity index (χ2n) is 7.17. The van der Waals surface area contributed by atoms with E-state index in [0.717, 1.165) is 25.4 Å². The van der Waals surface area contributed by atoms with E-state index in [2.05, 4.69) is 40.5 Å². The van der Waals surface area contributed by atoms with E-state index < -0.39 is 0 Å². The van der Waals surface area contributed by atoms with Crippen LogP contribution in [-0.2, 0) is 4.79 Å². The van der Waals surface area contributed by atoms with E-state index in [9.17, 15) is 4.79 Å². The Hall–Kier alpha value is -1.51. The van der Waals surface area contributed by atoms with Gasteiger partial charge in [-0.3, -0.25) is 4.79 Å². The van der Waals surface area contributed by atoms with Gasteiger partial charge in [0.1, 0.15) is 0 Å². The topological polar surface area (TPSA) is 32.3 Å². The van der Waals surface area contributed by atoms with Crippen molar-refractivity contribution in [2.24, 2.45) is 5.92 Å². The zero-order valence-corrected chi connectivity index (χ0v) is 14.2. The monoisotopic (exact) mass is 314 g/mol. The number of anilines is 1. The molecular weight excluding hydrogens is 284 g/mol. The van der Waals surface area contributed by atoms with Gasteiger partial charge in [-0.15, -0.1) is 0 Å². The van der Waals surface area contributed by atoms with Crippen molar-refractivity contribution in [3.8, 4) is 0 Å². The van der Waals surface area contributed by atoms with Gasteiger partial charge in [-0.2, -0.15) is 0 Å². The molecule has 1 heterocycles. The molecule has 0 radical (unpaired) electrons. The molecule has 2 fully saturated rings. The summed E-state index contributed by atoms with van der Waals surface area (Å²) in [6, 6.07) is 11.0. The van der Waals surface area contributed by atoms with E-state index in [0.29, 0.717) is 12.5 Å². The number of carbonyl (C=O) groups is 1. The maximum absolute atomic E-state index is 12.2. The fourth-order valence-electron chi connectivity index (χ4n) is 4.14. The van der Waals surface area contributed by atoms with Crippen LogP contribution in [0.2, 0.25) is 0 Å². The van der Waals surface area contributed by atoms with Crippen molar-refractivity contribution >= 4 is 11.6 Å². The molecule has 1 saturated heterocycles. The van der Waals surface area contributed by atoms with Crippen LogP contribution < -0.4 is 10.2 Å². The first-order chi connectivity index (χ1) is 11.3. The van der Waals surface area contributed by atoms with Gasteiger partial charge < -0.3 is 10.2 Å². The number of hydrogen-bond donors (Lipinski definition) is 1. The molecule has 1 aliphatic carbocycles. The van der Waals surface area contributed by atoms with Gasteiger partial charge in [-0.05, 0) is 37.3 Å². The summed E-state index contributed by atoms with van der Waals surface area (Å²) < 4.78 is 0. The highest BCUT2D eigenvalue weighted by molar-refractivity contribution is 5.76. The van der Waals surface area contributed by atoms with Crippen molar-refractivity contribution in [3.63, 3.8) is 0 Å². The fraction of sp³-hybridized carbons (Fsp3) is 0.650. The Morgan fingerprint density at radius 1 is 1.04 bits per heavy atom. The van der Waals surface area contributed by atoms with Crippen molar-refractivity contribution in [1.82, 2.24) is 5.32 Å². The Bertz CT molecular complexity index is 482. The van der Waals surface area contributed by atoms with Gasteiger partial charge in [0, 0.05) is 31.2 Å². The first-order valence-electron chi connectivity index (χ1n) is 9.41. The lowest BCUT2D eigenvalue weighted by Gasteiger charge is -2.27. The zero-order chi connectivity index (χ0) is 15.9. The van der Waals surface area contributed by atoms with Gasteiger partial charge in [0.05, 0.1) is 0 Å². The molecule has 3 nitrogen and oxygen atoms in total. The molecule has 1 aromatic rings. The minimum absolute atomic E-state index is 0.246. The first kappa shape index (κ1) is 16.4. The number of para-hydroxylation sites is 1. The predicted molar refractivity (Wildman–Crippen MR) is 95.6 cm³/mol. The molecule has 1 atom stereocenters. The second kappa shape index (κ2) is 8.37. The normalized spacial score (nSPS) is 22.3. The first-order valence-corrected chi connectivity index (χ1v) is 9.41. The van der Waals surface area contributed by atoms with Gasteiger partial charge in [0.25, 0.3) is 0 Å². The summed E-state index contributed by atoms with van der Waals surface area (Å²) in [7, 11) is 0. The largest absolute Gasteiger partial charge is 0.367 e. The van der Waals surface area contributed by atoms with E-state index in [1.165, 1.54) is 50.6 Å². The van der Waals surface area contributed by atoms with Gasteiger partial charge in [0.2, 0.25) is 5.91 Å². The Morgan fingerprint density at radius 2 is 1.83 bits per heavy atom. The summed E-state index contributed by atoms with van der Waals surface area (Å²) in [6.45, 7) is 1.89. The number of benzene rings is 1. The van der Waals surface area contributed by atoms with Gasteiger partial charge in [-0.25, -0.2) is 0 Å². The average Bonchev–Trinajstić information content (AvgIpc) is 3.08. The Kier molecular flexibility index (Phi) is 5.95. The molecule has 1 aliphatic heterocycles. The molecule has 2 aliphatic rings. The summed E-state index contributed by atoms with van der Waals surface area (Å²) in [5, 5.41) is 3.18. The summed E-state index contributed by atoms with van der Waals surface area (Å²) in [5.74, 6) is 1.04. The Labute approximate surface area is 140 Å². The molecule has 0 bridgehead atoms. The zero-order valence-electron chi connectivity index (χ0n) is 14.2. The highest BCUT2D eigenvalue weighted by Crippen LogP contribution is 2.27. The minimum Gasteiger partial charge on any atom is -0.367 e. The van der Waals surface area contributed by atoms with Crippen molar-refractivity contribution < 1.29 is 4.79 Å². The van der Waals surface area contributed by atoms with Crippen LogP contribution in [0, 0.1) is 5.92 Å². The van der Waals surface area contributed by atoms with Crippen LogP contribution in [0.4, 0.5) is 5.69 Å². The molecule has 1 saturated carbocycles. The van der Waals surface area contributed by atoms with Gasteiger partial charge in [0.15, 0.2) is 0 Å². The van der Waals surface area contributed by atoms with Crippen molar-refractivity contribution in [1.29, 1.82) is 0 Å². The van der Waals surface area contributed by atoms with E-state index in [1.54, 1.807) is 0 Å². The number of amides is 1. The SMILES string of the molecule is O=C(CCC1CCCCC1)NCC1CCCN1c1ccccc1. The van der Waals surface area contributed by atoms with Crippen molar-refractivity contribution in [2.75, 3.05) is 18.0 Å². The van der Waals surface area contributed by atoms with Crippen molar-refractivity contribution in [3.05, 3.63) is 30.3 Å². The van der Waals surface area contributed by atoms with Crippen LogP contribution in [0.5, 0.6) is 0 Å². The molecule has 1 amide bonds. The maximum Gasteiger partial charge on any atom is 0.220 e. The van der Waals surface area contributed by atoms with Crippen LogP contribution in [0.25, 0.3) is 0 Å². The summed E-state index contributed by atoms with van der Waals surface area (Å²) >= 11 is 0. The lowest BCUT2D eigenvalue weighted by molar-refractivity contribution is -0.121. The van der Waals surface area contributed by atoms with E-state index in [1.807, 2.05) is 0 Å². The standard InChI is InChI=1S/C20H30N2O/c23-20(14-13-17-8-3-1-4-9-17)21-16-19-12-7-15-22(19)18-10-5-2-6-11-18/h2,5-6,10-11,17,19H,1,3-4,7-9,12-16H2,(H,21,23).